The number of halogens is 1. The molecule has 128 valence electrons. The summed E-state index contributed by atoms with van der Waals surface area (Å²) in [5.74, 6) is -1.09. The fraction of sp³-hybridized carbons (Fsp3) is 0.267. The monoisotopic (exact) mass is 415 g/mol. The van der Waals surface area contributed by atoms with E-state index < -0.39 is 23.2 Å². The first-order valence-electron chi connectivity index (χ1n) is 6.71. The van der Waals surface area contributed by atoms with E-state index >= 15 is 0 Å². The van der Waals surface area contributed by atoms with Gasteiger partial charge in [0.05, 0.1) is 19.1 Å². The number of nitrogens with zero attached hydrogens (tertiary/aromatic N) is 1. The Bertz CT molecular complexity index is 748. The number of amides is 2. The van der Waals surface area contributed by atoms with E-state index in [1.54, 1.807) is 0 Å². The van der Waals surface area contributed by atoms with Gasteiger partial charge in [-0.2, -0.15) is 0 Å². The van der Waals surface area contributed by atoms with Crippen molar-refractivity contribution in [1.29, 1.82) is 0 Å². The van der Waals surface area contributed by atoms with E-state index in [-0.39, 0.29) is 16.4 Å². The van der Waals surface area contributed by atoms with E-state index in [4.69, 9.17) is 4.74 Å². The molecule has 0 aliphatic carbocycles. The molecule has 24 heavy (non-hydrogen) atoms. The van der Waals surface area contributed by atoms with Crippen molar-refractivity contribution in [3.8, 4) is 11.5 Å². The molecule has 1 aromatic rings. The van der Waals surface area contributed by atoms with Crippen LogP contribution in [0.5, 0.6) is 11.5 Å². The average Bonchev–Trinajstić information content (AvgIpc) is 2.82. The molecule has 0 spiro atoms. The second-order valence-corrected chi connectivity index (χ2v) is 6.64. The number of ether oxygens (including phenoxy) is 2. The number of carbonyl (C=O) groups is 3. The van der Waals surface area contributed by atoms with Crippen LogP contribution in [0.15, 0.2) is 21.5 Å². The molecular weight excluding hydrogens is 402 g/mol. The molecular formula is C15H14BrNO6S. The summed E-state index contributed by atoms with van der Waals surface area (Å²) in [5.41, 5.74) is 0.542. The zero-order valence-corrected chi connectivity index (χ0v) is 15.4. The SMILES string of the molecule is COC(=O)[C@@H](C)N1C(=O)S/C(=C/c2cc(OC)c(O)cc2Br)C1=O. The summed E-state index contributed by atoms with van der Waals surface area (Å²) in [5, 5.41) is 9.16. The van der Waals surface area contributed by atoms with Crippen LogP contribution in [0.25, 0.3) is 6.08 Å². The number of benzene rings is 1. The van der Waals surface area contributed by atoms with Gasteiger partial charge < -0.3 is 14.6 Å². The summed E-state index contributed by atoms with van der Waals surface area (Å²) in [7, 11) is 2.59. The molecule has 7 nitrogen and oxygen atoms in total. The van der Waals surface area contributed by atoms with Gasteiger partial charge in [-0.3, -0.25) is 14.5 Å². The molecule has 2 rings (SSSR count). The van der Waals surface area contributed by atoms with Gasteiger partial charge in [0.1, 0.15) is 6.04 Å². The highest BCUT2D eigenvalue weighted by molar-refractivity contribution is 9.10. The van der Waals surface area contributed by atoms with E-state index in [0.717, 1.165) is 16.7 Å². The van der Waals surface area contributed by atoms with Crippen molar-refractivity contribution in [2.24, 2.45) is 0 Å². The molecule has 0 aromatic heterocycles. The Hall–Kier alpha value is -2.00. The first-order chi connectivity index (χ1) is 11.3. The highest BCUT2D eigenvalue weighted by Gasteiger charge is 2.41. The maximum absolute atomic E-state index is 12.4. The number of phenolic OH excluding ortho intramolecular Hbond substituents is 1. The number of phenols is 1. The average molecular weight is 416 g/mol. The van der Waals surface area contributed by atoms with E-state index in [1.165, 1.54) is 39.4 Å². The molecule has 1 atom stereocenters. The van der Waals surface area contributed by atoms with E-state index in [2.05, 4.69) is 20.7 Å². The maximum atomic E-state index is 12.4. The normalized spacial score (nSPS) is 17.3. The summed E-state index contributed by atoms with van der Waals surface area (Å²) < 4.78 is 10.1. The van der Waals surface area contributed by atoms with E-state index in [9.17, 15) is 19.5 Å². The van der Waals surface area contributed by atoms with Crippen LogP contribution in [0.3, 0.4) is 0 Å². The third kappa shape index (κ3) is 3.41. The zero-order chi connectivity index (χ0) is 18.0. The highest BCUT2D eigenvalue weighted by Crippen LogP contribution is 2.38. The van der Waals surface area contributed by atoms with Gasteiger partial charge in [0.2, 0.25) is 0 Å². The number of hydrogen-bond acceptors (Lipinski definition) is 7. The summed E-state index contributed by atoms with van der Waals surface area (Å²) >= 11 is 4.00. The van der Waals surface area contributed by atoms with Crippen molar-refractivity contribution in [1.82, 2.24) is 4.90 Å². The minimum absolute atomic E-state index is 0.0612. The van der Waals surface area contributed by atoms with Gasteiger partial charge in [0, 0.05) is 4.47 Å². The number of hydrogen-bond donors (Lipinski definition) is 1. The van der Waals surface area contributed by atoms with Gasteiger partial charge in [-0.1, -0.05) is 15.9 Å². The van der Waals surface area contributed by atoms with Crippen molar-refractivity contribution in [2.75, 3.05) is 14.2 Å². The molecule has 1 saturated heterocycles. The largest absolute Gasteiger partial charge is 0.504 e. The van der Waals surface area contributed by atoms with Crippen molar-refractivity contribution in [3.05, 3.63) is 27.1 Å². The Balaban J connectivity index is 2.37. The Kier molecular flexibility index (Phi) is 5.55. The number of rotatable bonds is 4. The Morgan fingerprint density at radius 1 is 1.38 bits per heavy atom. The van der Waals surface area contributed by atoms with Crippen molar-refractivity contribution in [2.45, 2.75) is 13.0 Å². The second kappa shape index (κ2) is 7.27. The highest BCUT2D eigenvalue weighted by atomic mass is 79.9. The van der Waals surface area contributed by atoms with Crippen LogP contribution in [0.1, 0.15) is 12.5 Å². The lowest BCUT2D eigenvalue weighted by atomic mass is 10.1. The van der Waals surface area contributed by atoms with Gasteiger partial charge >= 0.3 is 5.97 Å². The fourth-order valence-corrected chi connectivity index (χ4v) is 3.41. The quantitative estimate of drug-likeness (QED) is 0.596. The van der Waals surface area contributed by atoms with E-state index in [1.807, 2.05) is 0 Å². The van der Waals surface area contributed by atoms with Gasteiger partial charge in [-0.15, -0.1) is 0 Å². The Morgan fingerprint density at radius 2 is 2.04 bits per heavy atom. The molecule has 1 aromatic carbocycles. The molecule has 0 unspecified atom stereocenters. The topological polar surface area (TPSA) is 93.1 Å². The number of imide groups is 1. The minimum Gasteiger partial charge on any atom is -0.504 e. The summed E-state index contributed by atoms with van der Waals surface area (Å²) in [6, 6.07) is 1.94. The number of esters is 1. The van der Waals surface area contributed by atoms with Gasteiger partial charge in [0.25, 0.3) is 11.1 Å². The van der Waals surface area contributed by atoms with Crippen LogP contribution in [0.2, 0.25) is 0 Å². The zero-order valence-electron chi connectivity index (χ0n) is 13.0. The predicted octanol–water partition coefficient (Wildman–Crippen LogP) is 2.76. The van der Waals surface area contributed by atoms with Gasteiger partial charge in [0.15, 0.2) is 11.5 Å². The lowest BCUT2D eigenvalue weighted by molar-refractivity contribution is -0.148. The summed E-state index contributed by atoms with van der Waals surface area (Å²) in [6.45, 7) is 1.42. The first kappa shape index (κ1) is 18.3. The minimum atomic E-state index is -1.01. The standard InChI is InChI=1S/C15H14BrNO6S/c1-7(14(20)23-3)17-13(19)12(24-15(17)21)5-8-4-11(22-2)10(18)6-9(8)16/h4-7,18H,1-3H3/b12-5+/t7-/m1/s1. The van der Waals surface area contributed by atoms with Crippen molar-refractivity contribution in [3.63, 3.8) is 0 Å². The van der Waals surface area contributed by atoms with Crippen LogP contribution >= 0.6 is 27.7 Å². The van der Waals surface area contributed by atoms with Crippen molar-refractivity contribution < 1.29 is 29.0 Å². The molecule has 1 fully saturated rings. The third-order valence-electron chi connectivity index (χ3n) is 3.34. The van der Waals surface area contributed by atoms with Gasteiger partial charge in [-0.25, -0.2) is 4.79 Å². The molecule has 0 bridgehead atoms. The van der Waals surface area contributed by atoms with Crippen LogP contribution in [-0.4, -0.2) is 47.4 Å². The van der Waals surface area contributed by atoms with Crippen LogP contribution in [0.4, 0.5) is 4.79 Å². The van der Waals surface area contributed by atoms with E-state index in [0.29, 0.717) is 10.0 Å². The van der Waals surface area contributed by atoms with Crippen LogP contribution in [-0.2, 0) is 14.3 Å². The number of thioether (sulfide) groups is 1. The Labute approximate surface area is 150 Å². The molecule has 1 aliphatic rings. The van der Waals surface area contributed by atoms with Gasteiger partial charge in [-0.05, 0) is 42.5 Å². The molecule has 9 heteroatoms. The van der Waals surface area contributed by atoms with Crippen LogP contribution in [0, 0.1) is 0 Å². The summed E-state index contributed by atoms with van der Waals surface area (Å²) in [4.78, 5) is 37.1. The lowest BCUT2D eigenvalue weighted by Gasteiger charge is -2.18. The number of carbonyl (C=O) groups excluding carboxylic acids is 3. The molecule has 0 saturated carbocycles. The van der Waals surface area contributed by atoms with Crippen molar-refractivity contribution >= 4 is 50.9 Å². The Morgan fingerprint density at radius 3 is 2.62 bits per heavy atom. The number of aromatic hydroxyl groups is 1. The maximum Gasteiger partial charge on any atom is 0.328 e. The smallest absolute Gasteiger partial charge is 0.328 e. The summed E-state index contributed by atoms with van der Waals surface area (Å²) in [6.07, 6.45) is 1.49. The fourth-order valence-electron chi connectivity index (χ4n) is 2.06. The number of methoxy groups -OCH3 is 2. The second-order valence-electron chi connectivity index (χ2n) is 4.80. The molecule has 1 heterocycles. The van der Waals surface area contributed by atoms with Crippen LogP contribution < -0.4 is 4.74 Å². The molecule has 2 amide bonds. The third-order valence-corrected chi connectivity index (χ3v) is 4.91. The molecule has 1 aliphatic heterocycles. The predicted molar refractivity (Wildman–Crippen MR) is 91.6 cm³/mol. The molecule has 1 N–H and O–H groups in total. The lowest BCUT2D eigenvalue weighted by Crippen LogP contribution is -2.42. The first-order valence-corrected chi connectivity index (χ1v) is 8.32. The molecule has 0 radical (unpaired) electrons.